The van der Waals surface area contributed by atoms with Crippen LogP contribution < -0.4 is 0 Å². The molecule has 2 rings (SSSR count). The molecule has 1 aliphatic heterocycles. The molecule has 1 unspecified atom stereocenters. The van der Waals surface area contributed by atoms with E-state index in [4.69, 9.17) is 16.3 Å². The molecule has 0 bridgehead atoms. The maximum absolute atomic E-state index is 13.8. The molecule has 1 heterocycles. The fraction of sp³-hybridized carbons (Fsp3) is 0.467. The number of hydrogen-bond acceptors (Lipinski definition) is 3. The molecule has 0 saturated carbocycles. The molecule has 0 aromatic heterocycles. The van der Waals surface area contributed by atoms with E-state index < -0.39 is 23.7 Å². The van der Waals surface area contributed by atoms with E-state index in [-0.39, 0.29) is 17.2 Å². The van der Waals surface area contributed by atoms with Crippen molar-refractivity contribution in [2.24, 2.45) is 0 Å². The fourth-order valence-electron chi connectivity index (χ4n) is 2.47. The van der Waals surface area contributed by atoms with Gasteiger partial charge in [0.1, 0.15) is 11.9 Å². The lowest BCUT2D eigenvalue weighted by Gasteiger charge is -2.34. The van der Waals surface area contributed by atoms with Gasteiger partial charge in [-0.2, -0.15) is 0 Å². The lowest BCUT2D eigenvalue weighted by atomic mass is 10.0. The van der Waals surface area contributed by atoms with Crippen LogP contribution in [-0.2, 0) is 9.53 Å². The van der Waals surface area contributed by atoms with Gasteiger partial charge < -0.3 is 9.64 Å². The highest BCUT2D eigenvalue weighted by atomic mass is 35.5. The van der Waals surface area contributed by atoms with Gasteiger partial charge >= 0.3 is 5.97 Å². The molecule has 114 valence electrons. The molecular formula is C15H17ClFNO3. The Labute approximate surface area is 127 Å². The Balaban J connectivity index is 2.26. The van der Waals surface area contributed by atoms with Crippen molar-refractivity contribution in [1.29, 1.82) is 0 Å². The number of ether oxygens (including phenoxy) is 1. The van der Waals surface area contributed by atoms with Crippen LogP contribution in [0.2, 0.25) is 5.02 Å². The van der Waals surface area contributed by atoms with Crippen LogP contribution >= 0.6 is 11.6 Å². The van der Waals surface area contributed by atoms with E-state index in [0.29, 0.717) is 13.0 Å². The van der Waals surface area contributed by atoms with Crippen molar-refractivity contribution >= 4 is 23.5 Å². The van der Waals surface area contributed by atoms with Crippen molar-refractivity contribution in [2.45, 2.75) is 32.2 Å². The monoisotopic (exact) mass is 313 g/mol. The molecule has 0 aliphatic carbocycles. The minimum atomic E-state index is -0.649. The number of rotatable bonds is 3. The molecule has 0 N–H and O–H groups in total. The van der Waals surface area contributed by atoms with Crippen molar-refractivity contribution in [3.05, 3.63) is 34.6 Å². The number of esters is 1. The summed E-state index contributed by atoms with van der Waals surface area (Å²) in [5.41, 5.74) is -0.112. The molecule has 21 heavy (non-hydrogen) atoms. The summed E-state index contributed by atoms with van der Waals surface area (Å²) >= 11 is 5.82. The summed E-state index contributed by atoms with van der Waals surface area (Å²) in [7, 11) is 0. The largest absolute Gasteiger partial charge is 0.464 e. The molecule has 1 atom stereocenters. The predicted octanol–water partition coefficient (Wildman–Crippen LogP) is 3.04. The van der Waals surface area contributed by atoms with Crippen LogP contribution in [0.1, 0.15) is 36.5 Å². The average Bonchev–Trinajstić information content (AvgIpc) is 2.49. The van der Waals surface area contributed by atoms with Crippen LogP contribution in [0.5, 0.6) is 0 Å². The molecule has 1 aromatic rings. The highest BCUT2D eigenvalue weighted by Crippen LogP contribution is 2.23. The van der Waals surface area contributed by atoms with E-state index in [1.165, 1.54) is 17.0 Å². The van der Waals surface area contributed by atoms with Gasteiger partial charge in [0, 0.05) is 11.6 Å². The first-order valence-electron chi connectivity index (χ1n) is 6.97. The Morgan fingerprint density at radius 2 is 2.19 bits per heavy atom. The second kappa shape index (κ2) is 6.89. The second-order valence-corrected chi connectivity index (χ2v) is 5.32. The first kappa shape index (κ1) is 15.8. The van der Waals surface area contributed by atoms with E-state index in [1.54, 1.807) is 6.92 Å². The summed E-state index contributed by atoms with van der Waals surface area (Å²) in [4.78, 5) is 25.9. The van der Waals surface area contributed by atoms with E-state index in [9.17, 15) is 14.0 Å². The second-order valence-electron chi connectivity index (χ2n) is 4.89. The number of carbonyl (C=O) groups excluding carboxylic acids is 2. The third kappa shape index (κ3) is 3.53. The number of nitrogens with zero attached hydrogens (tertiary/aromatic N) is 1. The quantitative estimate of drug-likeness (QED) is 0.806. The number of amides is 1. The van der Waals surface area contributed by atoms with Crippen molar-refractivity contribution < 1.29 is 18.7 Å². The average molecular weight is 314 g/mol. The number of carbonyl (C=O) groups is 2. The Bertz CT molecular complexity index is 550. The van der Waals surface area contributed by atoms with Crippen LogP contribution in [0.4, 0.5) is 4.39 Å². The third-order valence-corrected chi connectivity index (χ3v) is 3.72. The maximum atomic E-state index is 13.8. The van der Waals surface area contributed by atoms with Gasteiger partial charge in [0.25, 0.3) is 5.91 Å². The number of halogens is 2. The maximum Gasteiger partial charge on any atom is 0.328 e. The molecule has 1 fully saturated rings. The molecule has 4 nitrogen and oxygen atoms in total. The molecule has 1 saturated heterocycles. The molecule has 0 spiro atoms. The number of hydrogen-bond donors (Lipinski definition) is 0. The lowest BCUT2D eigenvalue weighted by molar-refractivity contribution is -0.149. The highest BCUT2D eigenvalue weighted by Gasteiger charge is 2.34. The van der Waals surface area contributed by atoms with Crippen molar-refractivity contribution in [3.63, 3.8) is 0 Å². The molecule has 1 aliphatic rings. The summed E-state index contributed by atoms with van der Waals surface area (Å²) in [6.07, 6.45) is 2.15. The minimum absolute atomic E-state index is 0.112. The summed E-state index contributed by atoms with van der Waals surface area (Å²) in [5, 5.41) is 0.282. The summed E-state index contributed by atoms with van der Waals surface area (Å²) in [6, 6.07) is 3.17. The topological polar surface area (TPSA) is 46.6 Å². The number of piperidine rings is 1. The Hall–Kier alpha value is -1.62. The van der Waals surface area contributed by atoms with E-state index in [0.717, 1.165) is 18.9 Å². The normalized spacial score (nSPS) is 18.4. The van der Waals surface area contributed by atoms with Gasteiger partial charge in [0.15, 0.2) is 0 Å². The molecule has 6 heteroatoms. The summed E-state index contributed by atoms with van der Waals surface area (Å²) in [5.74, 6) is -1.60. The zero-order valence-corrected chi connectivity index (χ0v) is 12.5. The molecule has 1 aromatic carbocycles. The van der Waals surface area contributed by atoms with E-state index in [2.05, 4.69) is 0 Å². The SMILES string of the molecule is CCOC(=O)C1CCCCN1C(=O)c1cc(Cl)ccc1F. The van der Waals surface area contributed by atoms with Crippen LogP contribution in [0.15, 0.2) is 18.2 Å². The van der Waals surface area contributed by atoms with Crippen molar-refractivity contribution in [2.75, 3.05) is 13.2 Å². The zero-order chi connectivity index (χ0) is 15.4. The summed E-state index contributed by atoms with van der Waals surface area (Å²) < 4.78 is 18.8. The number of likely N-dealkylation sites (tertiary alicyclic amines) is 1. The smallest absolute Gasteiger partial charge is 0.328 e. The van der Waals surface area contributed by atoms with Gasteiger partial charge in [-0.1, -0.05) is 11.6 Å². The molecule has 0 radical (unpaired) electrons. The van der Waals surface area contributed by atoms with Gasteiger partial charge in [0.2, 0.25) is 0 Å². The summed E-state index contributed by atoms with van der Waals surface area (Å²) in [6.45, 7) is 2.38. The van der Waals surface area contributed by atoms with Crippen LogP contribution in [0.25, 0.3) is 0 Å². The molecular weight excluding hydrogens is 297 g/mol. The predicted molar refractivity (Wildman–Crippen MR) is 76.7 cm³/mol. The Kier molecular flexibility index (Phi) is 5.17. The zero-order valence-electron chi connectivity index (χ0n) is 11.8. The third-order valence-electron chi connectivity index (χ3n) is 3.48. The van der Waals surface area contributed by atoms with Gasteiger partial charge in [-0.15, -0.1) is 0 Å². The fourth-order valence-corrected chi connectivity index (χ4v) is 2.65. The highest BCUT2D eigenvalue weighted by molar-refractivity contribution is 6.31. The van der Waals surface area contributed by atoms with Crippen molar-refractivity contribution in [1.82, 2.24) is 4.90 Å². The first-order chi connectivity index (χ1) is 10.0. The number of benzene rings is 1. The minimum Gasteiger partial charge on any atom is -0.464 e. The van der Waals surface area contributed by atoms with Gasteiger partial charge in [-0.25, -0.2) is 9.18 Å². The molecule has 1 amide bonds. The lowest BCUT2D eigenvalue weighted by Crippen LogP contribution is -2.48. The first-order valence-corrected chi connectivity index (χ1v) is 7.35. The Morgan fingerprint density at radius 3 is 2.90 bits per heavy atom. The van der Waals surface area contributed by atoms with Gasteiger partial charge in [-0.05, 0) is 44.4 Å². The van der Waals surface area contributed by atoms with Gasteiger partial charge in [-0.3, -0.25) is 4.79 Å². The van der Waals surface area contributed by atoms with Crippen LogP contribution in [-0.4, -0.2) is 36.0 Å². The van der Waals surface area contributed by atoms with Gasteiger partial charge in [0.05, 0.1) is 12.2 Å². The van der Waals surface area contributed by atoms with Crippen molar-refractivity contribution in [3.8, 4) is 0 Å². The van der Waals surface area contributed by atoms with Crippen LogP contribution in [0, 0.1) is 5.82 Å². The van der Waals surface area contributed by atoms with E-state index in [1.807, 2.05) is 0 Å². The van der Waals surface area contributed by atoms with Crippen LogP contribution in [0.3, 0.4) is 0 Å². The standard InChI is InChI=1S/C15H17ClFNO3/c1-2-21-15(20)13-5-3-4-8-18(13)14(19)11-9-10(16)6-7-12(11)17/h6-7,9,13H,2-5,8H2,1H3. The van der Waals surface area contributed by atoms with E-state index >= 15 is 0 Å². The Morgan fingerprint density at radius 1 is 1.43 bits per heavy atom.